The van der Waals surface area contributed by atoms with Crippen LogP contribution in [0.2, 0.25) is 0 Å². The molecule has 0 aliphatic heterocycles. The maximum Gasteiger partial charge on any atom is 0.219 e. The van der Waals surface area contributed by atoms with Crippen molar-refractivity contribution in [3.63, 3.8) is 0 Å². The van der Waals surface area contributed by atoms with Crippen LogP contribution < -0.4 is 5.73 Å². The Balaban J connectivity index is 2.24. The van der Waals surface area contributed by atoms with Crippen LogP contribution in [0.1, 0.15) is 5.56 Å². The number of aromatic amines is 1. The number of nitrogen functional groups attached to an aromatic ring is 1. The summed E-state index contributed by atoms with van der Waals surface area (Å²) in [7, 11) is 0. The number of anilines is 1. The smallest absolute Gasteiger partial charge is 0.219 e. The molecule has 2 aromatic heterocycles. The first-order valence-electron chi connectivity index (χ1n) is 5.40. The third kappa shape index (κ3) is 1.54. The van der Waals surface area contributed by atoms with Crippen molar-refractivity contribution in [1.82, 2.24) is 15.0 Å². The lowest BCUT2D eigenvalue weighted by Gasteiger charge is -2.00. The molecule has 0 unspecified atom stereocenters. The molecule has 0 aliphatic carbocycles. The number of nitrogens with zero attached hydrogens (tertiary/aromatic N) is 2. The summed E-state index contributed by atoms with van der Waals surface area (Å²) in [6, 6.07) is 6.22. The minimum Gasteiger partial charge on any atom is -0.368 e. The topological polar surface area (TPSA) is 67.6 Å². The molecule has 1 aromatic carbocycles. The van der Waals surface area contributed by atoms with Crippen LogP contribution in [0.15, 0.2) is 36.8 Å². The Labute approximate surface area is 98.5 Å². The lowest BCUT2D eigenvalue weighted by atomic mass is 10.1. The van der Waals surface area contributed by atoms with E-state index in [0.29, 0.717) is 5.95 Å². The first-order chi connectivity index (χ1) is 8.25. The standard InChI is InChI=1S/C13H12N4/c1-8-3-2-4-10-11(7-15-12(8)10)9-5-16-13(14)17-6-9/h2-7,15H,1H3,(H2,14,16,17). The number of para-hydroxylation sites is 1. The number of benzene rings is 1. The first kappa shape index (κ1) is 9.84. The Morgan fingerprint density at radius 1 is 1.18 bits per heavy atom. The number of nitrogens with one attached hydrogen (secondary N) is 1. The molecule has 3 aromatic rings. The minimum absolute atomic E-state index is 0.296. The van der Waals surface area contributed by atoms with E-state index in [0.717, 1.165) is 16.6 Å². The number of aromatic nitrogens is 3. The van der Waals surface area contributed by atoms with Gasteiger partial charge in [0.25, 0.3) is 0 Å². The molecule has 0 radical (unpaired) electrons. The van der Waals surface area contributed by atoms with Crippen molar-refractivity contribution < 1.29 is 0 Å². The van der Waals surface area contributed by atoms with Crippen molar-refractivity contribution in [3.05, 3.63) is 42.4 Å². The van der Waals surface area contributed by atoms with E-state index in [-0.39, 0.29) is 0 Å². The molecule has 0 saturated carbocycles. The Morgan fingerprint density at radius 3 is 2.71 bits per heavy atom. The molecule has 4 heteroatoms. The summed E-state index contributed by atoms with van der Waals surface area (Å²) in [4.78, 5) is 11.3. The molecule has 0 amide bonds. The number of fused-ring (bicyclic) bond motifs is 1. The molecular weight excluding hydrogens is 212 g/mol. The predicted octanol–water partition coefficient (Wildman–Crippen LogP) is 2.52. The largest absolute Gasteiger partial charge is 0.368 e. The Hall–Kier alpha value is -2.36. The van der Waals surface area contributed by atoms with Gasteiger partial charge in [0, 0.05) is 40.6 Å². The van der Waals surface area contributed by atoms with Crippen molar-refractivity contribution in [2.45, 2.75) is 6.92 Å². The van der Waals surface area contributed by atoms with Gasteiger partial charge in [0.15, 0.2) is 0 Å². The van der Waals surface area contributed by atoms with Gasteiger partial charge < -0.3 is 10.7 Å². The second-order valence-electron chi connectivity index (χ2n) is 4.03. The number of rotatable bonds is 1. The maximum absolute atomic E-state index is 5.49. The van der Waals surface area contributed by atoms with Crippen molar-refractivity contribution in [1.29, 1.82) is 0 Å². The summed E-state index contributed by atoms with van der Waals surface area (Å²) in [5.41, 5.74) is 9.94. The van der Waals surface area contributed by atoms with Crippen molar-refractivity contribution >= 4 is 16.9 Å². The summed E-state index contributed by atoms with van der Waals surface area (Å²) in [5.74, 6) is 0.296. The quantitative estimate of drug-likeness (QED) is 0.667. The normalized spacial score (nSPS) is 10.9. The molecule has 3 rings (SSSR count). The molecule has 17 heavy (non-hydrogen) atoms. The van der Waals surface area contributed by atoms with E-state index in [1.165, 1.54) is 10.9 Å². The molecule has 3 N–H and O–H groups in total. The highest BCUT2D eigenvalue weighted by Gasteiger charge is 2.07. The number of nitrogens with two attached hydrogens (primary N) is 1. The number of H-pyrrole nitrogens is 1. The zero-order chi connectivity index (χ0) is 11.8. The summed E-state index contributed by atoms with van der Waals surface area (Å²) in [6.07, 6.45) is 5.47. The molecule has 2 heterocycles. The third-order valence-electron chi connectivity index (χ3n) is 2.91. The highest BCUT2D eigenvalue weighted by atomic mass is 15.0. The lowest BCUT2D eigenvalue weighted by molar-refractivity contribution is 1.19. The molecule has 0 aliphatic rings. The van der Waals surface area contributed by atoms with Gasteiger partial charge in [-0.15, -0.1) is 0 Å². The number of hydrogen-bond donors (Lipinski definition) is 2. The van der Waals surface area contributed by atoms with E-state index in [9.17, 15) is 0 Å². The third-order valence-corrected chi connectivity index (χ3v) is 2.91. The van der Waals surface area contributed by atoms with Crippen LogP contribution in [0.4, 0.5) is 5.95 Å². The van der Waals surface area contributed by atoms with E-state index in [1.807, 2.05) is 12.3 Å². The Kier molecular flexibility index (Phi) is 2.08. The van der Waals surface area contributed by atoms with Crippen LogP contribution in [-0.4, -0.2) is 15.0 Å². The van der Waals surface area contributed by atoms with Gasteiger partial charge in [-0.05, 0) is 12.5 Å². The second kappa shape index (κ2) is 3.59. The zero-order valence-electron chi connectivity index (χ0n) is 9.44. The highest BCUT2D eigenvalue weighted by molar-refractivity contribution is 5.96. The second-order valence-corrected chi connectivity index (χ2v) is 4.03. The van der Waals surface area contributed by atoms with Crippen molar-refractivity contribution in [3.8, 4) is 11.1 Å². The molecule has 0 fully saturated rings. The van der Waals surface area contributed by atoms with E-state index in [1.54, 1.807) is 12.4 Å². The van der Waals surface area contributed by atoms with Crippen molar-refractivity contribution in [2.75, 3.05) is 5.73 Å². The van der Waals surface area contributed by atoms with Gasteiger partial charge in [0.1, 0.15) is 0 Å². The predicted molar refractivity (Wildman–Crippen MR) is 68.5 cm³/mol. The van der Waals surface area contributed by atoms with Crippen LogP contribution >= 0.6 is 0 Å². The van der Waals surface area contributed by atoms with E-state index >= 15 is 0 Å². The summed E-state index contributed by atoms with van der Waals surface area (Å²) >= 11 is 0. The fourth-order valence-electron chi connectivity index (χ4n) is 2.02. The molecule has 0 spiro atoms. The van der Waals surface area contributed by atoms with E-state index in [2.05, 4.69) is 34.0 Å². The lowest BCUT2D eigenvalue weighted by Crippen LogP contribution is -1.93. The molecule has 0 bridgehead atoms. The summed E-state index contributed by atoms with van der Waals surface area (Å²) < 4.78 is 0. The number of hydrogen-bond acceptors (Lipinski definition) is 3. The first-order valence-corrected chi connectivity index (χ1v) is 5.40. The molecule has 4 nitrogen and oxygen atoms in total. The van der Waals surface area contributed by atoms with Gasteiger partial charge in [0.2, 0.25) is 5.95 Å². The van der Waals surface area contributed by atoms with Crippen LogP contribution in [0.5, 0.6) is 0 Å². The SMILES string of the molecule is Cc1cccc2c(-c3cnc(N)nc3)c[nH]c12. The van der Waals surface area contributed by atoms with E-state index in [4.69, 9.17) is 5.73 Å². The fourth-order valence-corrected chi connectivity index (χ4v) is 2.02. The summed E-state index contributed by atoms with van der Waals surface area (Å²) in [5, 5.41) is 1.18. The molecule has 0 saturated heterocycles. The fraction of sp³-hybridized carbons (Fsp3) is 0.0769. The maximum atomic E-state index is 5.49. The highest BCUT2D eigenvalue weighted by Crippen LogP contribution is 2.29. The number of aryl methyl sites for hydroxylation is 1. The van der Waals surface area contributed by atoms with Crippen LogP contribution in [0.25, 0.3) is 22.0 Å². The average Bonchev–Trinajstić information content (AvgIpc) is 2.75. The van der Waals surface area contributed by atoms with Crippen LogP contribution in [-0.2, 0) is 0 Å². The van der Waals surface area contributed by atoms with Gasteiger partial charge in [-0.2, -0.15) is 0 Å². The van der Waals surface area contributed by atoms with Gasteiger partial charge in [-0.25, -0.2) is 9.97 Å². The van der Waals surface area contributed by atoms with Gasteiger partial charge in [0.05, 0.1) is 0 Å². The minimum atomic E-state index is 0.296. The van der Waals surface area contributed by atoms with Crippen molar-refractivity contribution in [2.24, 2.45) is 0 Å². The monoisotopic (exact) mass is 224 g/mol. The van der Waals surface area contributed by atoms with Crippen LogP contribution in [0, 0.1) is 6.92 Å². The van der Waals surface area contributed by atoms with Gasteiger partial charge >= 0.3 is 0 Å². The molecular formula is C13H12N4. The zero-order valence-corrected chi connectivity index (χ0v) is 9.44. The Morgan fingerprint density at radius 2 is 1.94 bits per heavy atom. The van der Waals surface area contributed by atoms with E-state index < -0.39 is 0 Å². The average molecular weight is 224 g/mol. The van der Waals surface area contributed by atoms with Gasteiger partial charge in [-0.1, -0.05) is 18.2 Å². The van der Waals surface area contributed by atoms with Crippen LogP contribution in [0.3, 0.4) is 0 Å². The molecule has 0 atom stereocenters. The summed E-state index contributed by atoms with van der Waals surface area (Å²) in [6.45, 7) is 2.09. The molecule has 84 valence electrons. The Bertz CT molecular complexity index is 667. The van der Waals surface area contributed by atoms with Gasteiger partial charge in [-0.3, -0.25) is 0 Å².